The van der Waals surface area contributed by atoms with E-state index < -0.39 is 0 Å². The largest absolute Gasteiger partial charge is 0.463 e. The van der Waals surface area contributed by atoms with Crippen molar-refractivity contribution in [3.63, 3.8) is 0 Å². The van der Waals surface area contributed by atoms with E-state index in [1.54, 1.807) is 7.11 Å². The van der Waals surface area contributed by atoms with Crippen LogP contribution in [0.15, 0.2) is 10.5 Å². The molecule has 1 heterocycles. The topological polar surface area (TPSA) is 37.6 Å². The summed E-state index contributed by atoms with van der Waals surface area (Å²) in [6, 6.07) is 2.70. The lowest BCUT2D eigenvalue weighted by Crippen LogP contribution is -2.34. The summed E-state index contributed by atoms with van der Waals surface area (Å²) in [5.74, 6) is 2.10. The predicted molar refractivity (Wildman–Crippen MR) is 82.9 cm³/mol. The third-order valence-corrected chi connectivity index (χ3v) is 3.76. The van der Waals surface area contributed by atoms with Crippen LogP contribution < -0.4 is 5.32 Å². The first-order valence-electron chi connectivity index (χ1n) is 7.64. The fraction of sp³-hybridized carbons (Fsp3) is 0.750. The van der Waals surface area contributed by atoms with Crippen molar-refractivity contribution < 1.29 is 9.15 Å². The van der Waals surface area contributed by atoms with E-state index >= 15 is 0 Å². The van der Waals surface area contributed by atoms with Gasteiger partial charge in [0.05, 0.1) is 19.7 Å². The number of hydrogen-bond acceptors (Lipinski definition) is 4. The van der Waals surface area contributed by atoms with Crippen molar-refractivity contribution >= 4 is 0 Å². The third-order valence-electron chi connectivity index (χ3n) is 3.76. The Bertz CT molecular complexity index is 377. The first kappa shape index (κ1) is 17.2. The van der Waals surface area contributed by atoms with Gasteiger partial charge in [0.25, 0.3) is 0 Å². The van der Waals surface area contributed by atoms with Crippen molar-refractivity contribution in [2.24, 2.45) is 0 Å². The summed E-state index contributed by atoms with van der Waals surface area (Å²) in [7, 11) is 1.75. The molecule has 0 bridgehead atoms. The highest BCUT2D eigenvalue weighted by Crippen LogP contribution is 2.18. The molecule has 0 saturated heterocycles. The highest BCUT2D eigenvalue weighted by atomic mass is 16.5. The molecule has 1 aromatic heterocycles. The number of hydrogen-bond donors (Lipinski definition) is 1. The van der Waals surface area contributed by atoms with Crippen LogP contribution in [-0.4, -0.2) is 37.7 Å². The van der Waals surface area contributed by atoms with E-state index in [0.717, 1.165) is 50.7 Å². The SMILES string of the molecule is CCNCc1oc(CN(CCOC)C(C)CC)cc1C. The Morgan fingerprint density at radius 1 is 1.40 bits per heavy atom. The van der Waals surface area contributed by atoms with Gasteiger partial charge in [-0.3, -0.25) is 4.90 Å². The monoisotopic (exact) mass is 282 g/mol. The normalized spacial score (nSPS) is 13.1. The summed E-state index contributed by atoms with van der Waals surface area (Å²) in [6.07, 6.45) is 1.13. The van der Waals surface area contributed by atoms with Crippen LogP contribution in [0.25, 0.3) is 0 Å². The summed E-state index contributed by atoms with van der Waals surface area (Å²) in [6.45, 7) is 13.0. The Kier molecular flexibility index (Phi) is 7.88. The minimum absolute atomic E-state index is 0.535. The van der Waals surface area contributed by atoms with E-state index in [9.17, 15) is 0 Å². The van der Waals surface area contributed by atoms with Crippen LogP contribution in [0.5, 0.6) is 0 Å². The molecule has 0 aliphatic heterocycles. The molecule has 4 heteroatoms. The second kappa shape index (κ2) is 9.16. The van der Waals surface area contributed by atoms with Crippen molar-refractivity contribution in [3.8, 4) is 0 Å². The first-order chi connectivity index (χ1) is 9.62. The standard InChI is InChI=1S/C16H30N2O2/c1-6-14(4)18(8-9-19-5)12-15-10-13(3)16(20-15)11-17-7-2/h10,14,17H,6-9,11-12H2,1-5H3. The lowest BCUT2D eigenvalue weighted by atomic mass is 10.2. The molecule has 0 spiro atoms. The highest BCUT2D eigenvalue weighted by Gasteiger charge is 2.15. The second-order valence-corrected chi connectivity index (χ2v) is 5.32. The van der Waals surface area contributed by atoms with Crippen LogP contribution in [0, 0.1) is 6.92 Å². The van der Waals surface area contributed by atoms with E-state index in [-0.39, 0.29) is 0 Å². The first-order valence-corrected chi connectivity index (χ1v) is 7.64. The minimum atomic E-state index is 0.535. The maximum Gasteiger partial charge on any atom is 0.120 e. The van der Waals surface area contributed by atoms with Gasteiger partial charge < -0.3 is 14.5 Å². The molecule has 0 aliphatic carbocycles. The fourth-order valence-electron chi connectivity index (χ4n) is 2.20. The molecule has 0 aliphatic rings. The van der Waals surface area contributed by atoms with Crippen LogP contribution in [0.4, 0.5) is 0 Å². The Balaban J connectivity index is 2.67. The van der Waals surface area contributed by atoms with E-state index in [1.807, 2.05) is 0 Å². The Labute approximate surface area is 123 Å². The van der Waals surface area contributed by atoms with E-state index in [4.69, 9.17) is 9.15 Å². The van der Waals surface area contributed by atoms with Crippen LogP contribution in [0.2, 0.25) is 0 Å². The number of ether oxygens (including phenoxy) is 1. The molecular formula is C16H30N2O2. The van der Waals surface area contributed by atoms with Crippen molar-refractivity contribution in [1.29, 1.82) is 0 Å². The Morgan fingerprint density at radius 2 is 2.15 bits per heavy atom. The predicted octanol–water partition coefficient (Wildman–Crippen LogP) is 2.94. The summed E-state index contributed by atoms with van der Waals surface area (Å²) >= 11 is 0. The Hall–Kier alpha value is -0.840. The summed E-state index contributed by atoms with van der Waals surface area (Å²) in [4.78, 5) is 2.42. The van der Waals surface area contributed by atoms with Crippen molar-refractivity contribution in [1.82, 2.24) is 10.2 Å². The van der Waals surface area contributed by atoms with Gasteiger partial charge in [0.1, 0.15) is 11.5 Å². The number of aryl methyl sites for hydroxylation is 1. The third kappa shape index (κ3) is 5.27. The number of rotatable bonds is 10. The lowest BCUT2D eigenvalue weighted by Gasteiger charge is -2.27. The molecule has 1 unspecified atom stereocenters. The number of nitrogens with zero attached hydrogens (tertiary/aromatic N) is 1. The molecular weight excluding hydrogens is 252 g/mol. The molecule has 1 rings (SSSR count). The number of methoxy groups -OCH3 is 1. The van der Waals surface area contributed by atoms with Crippen molar-refractivity contribution in [2.75, 3.05) is 26.8 Å². The summed E-state index contributed by atoms with van der Waals surface area (Å²) in [5.41, 5.74) is 1.23. The van der Waals surface area contributed by atoms with E-state index in [1.165, 1.54) is 5.56 Å². The molecule has 4 nitrogen and oxygen atoms in total. The van der Waals surface area contributed by atoms with E-state index in [0.29, 0.717) is 6.04 Å². The van der Waals surface area contributed by atoms with Gasteiger partial charge in [-0.25, -0.2) is 0 Å². The minimum Gasteiger partial charge on any atom is -0.463 e. The highest BCUT2D eigenvalue weighted by molar-refractivity contribution is 5.20. The quantitative estimate of drug-likeness (QED) is 0.716. The Morgan fingerprint density at radius 3 is 2.75 bits per heavy atom. The van der Waals surface area contributed by atoms with Gasteiger partial charge in [-0.1, -0.05) is 13.8 Å². The van der Waals surface area contributed by atoms with Gasteiger partial charge in [-0.2, -0.15) is 0 Å². The molecule has 1 aromatic rings. The number of nitrogens with one attached hydrogen (secondary N) is 1. The van der Waals surface area contributed by atoms with Crippen LogP contribution >= 0.6 is 0 Å². The van der Waals surface area contributed by atoms with Gasteiger partial charge in [0.2, 0.25) is 0 Å². The van der Waals surface area contributed by atoms with Crippen LogP contribution in [0.3, 0.4) is 0 Å². The fourth-order valence-corrected chi connectivity index (χ4v) is 2.20. The molecule has 1 N–H and O–H groups in total. The lowest BCUT2D eigenvalue weighted by molar-refractivity contribution is 0.112. The van der Waals surface area contributed by atoms with Gasteiger partial charge in [0, 0.05) is 19.7 Å². The number of furan rings is 1. The molecule has 0 amide bonds. The molecule has 0 saturated carbocycles. The van der Waals surface area contributed by atoms with Crippen molar-refractivity contribution in [3.05, 3.63) is 23.2 Å². The van der Waals surface area contributed by atoms with Gasteiger partial charge in [0.15, 0.2) is 0 Å². The molecule has 1 atom stereocenters. The molecule has 20 heavy (non-hydrogen) atoms. The van der Waals surface area contributed by atoms with Gasteiger partial charge >= 0.3 is 0 Å². The van der Waals surface area contributed by atoms with Gasteiger partial charge in [-0.05, 0) is 38.4 Å². The molecule has 116 valence electrons. The van der Waals surface area contributed by atoms with Gasteiger partial charge in [-0.15, -0.1) is 0 Å². The molecule has 0 aromatic carbocycles. The maximum atomic E-state index is 5.98. The smallest absolute Gasteiger partial charge is 0.120 e. The maximum absolute atomic E-state index is 5.98. The van der Waals surface area contributed by atoms with Crippen LogP contribution in [0.1, 0.15) is 44.3 Å². The summed E-state index contributed by atoms with van der Waals surface area (Å²) < 4.78 is 11.2. The molecule has 0 radical (unpaired) electrons. The molecule has 0 fully saturated rings. The zero-order chi connectivity index (χ0) is 15.0. The van der Waals surface area contributed by atoms with Crippen molar-refractivity contribution in [2.45, 2.75) is 53.2 Å². The zero-order valence-electron chi connectivity index (χ0n) is 13.7. The van der Waals surface area contributed by atoms with Crippen LogP contribution in [-0.2, 0) is 17.8 Å². The summed E-state index contributed by atoms with van der Waals surface area (Å²) in [5, 5.41) is 3.31. The average molecular weight is 282 g/mol. The zero-order valence-corrected chi connectivity index (χ0v) is 13.7. The average Bonchev–Trinajstić information content (AvgIpc) is 2.80. The second-order valence-electron chi connectivity index (χ2n) is 5.32. The van der Waals surface area contributed by atoms with E-state index in [2.05, 4.69) is 44.0 Å².